The zero-order valence-electron chi connectivity index (χ0n) is 20.7. The summed E-state index contributed by atoms with van der Waals surface area (Å²) in [5, 5.41) is 10.1. The molecule has 5 nitrogen and oxygen atoms in total. The van der Waals surface area contributed by atoms with Gasteiger partial charge in [-0.3, -0.25) is 0 Å². The lowest BCUT2D eigenvalue weighted by Gasteiger charge is -2.26. The van der Waals surface area contributed by atoms with Crippen LogP contribution in [0.25, 0.3) is 28.1 Å². The average molecular weight is 515 g/mol. The van der Waals surface area contributed by atoms with Crippen LogP contribution in [-0.2, 0) is 13.1 Å². The van der Waals surface area contributed by atoms with E-state index in [9.17, 15) is 0 Å². The predicted octanol–water partition coefficient (Wildman–Crippen LogP) is 7.68. The Bertz CT molecular complexity index is 1630. The van der Waals surface area contributed by atoms with Gasteiger partial charge in [-0.1, -0.05) is 84.9 Å². The van der Waals surface area contributed by atoms with E-state index in [4.69, 9.17) is 21.7 Å². The topological polar surface area (TPSA) is 46.2 Å². The average Bonchev–Trinajstić information content (AvgIpc) is 3.59. The van der Waals surface area contributed by atoms with Crippen molar-refractivity contribution in [1.82, 2.24) is 14.7 Å². The standard InChI is InChI=1S/C32H26N4OS/c38-32(33-27-15-6-2-7-16-27)35(21-24-12-4-1-5-13-24)22-26-23-36(28-17-8-3-9-18-28)34-31(26)30-20-25-14-10-11-19-29(25)37-30/h1-20,23H,21-22H2,(H,33,38). The number of hydrogen-bond acceptors (Lipinski definition) is 3. The first-order chi connectivity index (χ1) is 18.7. The van der Waals surface area contributed by atoms with E-state index >= 15 is 0 Å². The number of thiocarbonyl (C=S) groups is 1. The number of rotatable bonds is 7. The molecule has 38 heavy (non-hydrogen) atoms. The zero-order valence-corrected chi connectivity index (χ0v) is 21.5. The molecule has 0 saturated carbocycles. The normalized spacial score (nSPS) is 10.9. The third-order valence-electron chi connectivity index (χ3n) is 6.36. The van der Waals surface area contributed by atoms with Crippen LogP contribution in [0.2, 0.25) is 0 Å². The Labute approximate surface area is 227 Å². The van der Waals surface area contributed by atoms with Gasteiger partial charge in [-0.25, -0.2) is 4.68 Å². The minimum absolute atomic E-state index is 0.548. The van der Waals surface area contributed by atoms with Crippen LogP contribution in [0.3, 0.4) is 0 Å². The van der Waals surface area contributed by atoms with Gasteiger partial charge in [-0.2, -0.15) is 5.10 Å². The maximum Gasteiger partial charge on any atom is 0.174 e. The molecule has 0 amide bonds. The first kappa shape index (κ1) is 23.7. The highest BCUT2D eigenvalue weighted by atomic mass is 32.1. The number of hydrogen-bond donors (Lipinski definition) is 1. The maximum absolute atomic E-state index is 6.26. The van der Waals surface area contributed by atoms with E-state index in [2.05, 4.69) is 52.8 Å². The second-order valence-electron chi connectivity index (χ2n) is 9.07. The Hall–Kier alpha value is -4.68. The number of anilines is 1. The molecule has 0 aliphatic carbocycles. The maximum atomic E-state index is 6.26. The molecule has 0 unspecified atom stereocenters. The van der Waals surface area contributed by atoms with Crippen LogP contribution >= 0.6 is 12.2 Å². The van der Waals surface area contributed by atoms with Gasteiger partial charge < -0.3 is 14.6 Å². The minimum atomic E-state index is 0.548. The summed E-state index contributed by atoms with van der Waals surface area (Å²) >= 11 is 5.93. The van der Waals surface area contributed by atoms with Gasteiger partial charge in [0.05, 0.1) is 5.69 Å². The van der Waals surface area contributed by atoms with Crippen LogP contribution in [-0.4, -0.2) is 19.8 Å². The molecule has 0 spiro atoms. The van der Waals surface area contributed by atoms with E-state index in [-0.39, 0.29) is 0 Å². The molecule has 0 radical (unpaired) electrons. The highest BCUT2D eigenvalue weighted by Crippen LogP contribution is 2.31. The quantitative estimate of drug-likeness (QED) is 0.221. The number of para-hydroxylation sites is 3. The van der Waals surface area contributed by atoms with Crippen LogP contribution in [0.1, 0.15) is 11.1 Å². The van der Waals surface area contributed by atoms with E-state index in [1.54, 1.807) is 0 Å². The fourth-order valence-electron chi connectivity index (χ4n) is 4.48. The van der Waals surface area contributed by atoms with Crippen LogP contribution in [0.4, 0.5) is 5.69 Å². The van der Waals surface area contributed by atoms with E-state index < -0.39 is 0 Å². The fraction of sp³-hybridized carbons (Fsp3) is 0.0625. The van der Waals surface area contributed by atoms with Crippen LogP contribution in [0, 0.1) is 0 Å². The summed E-state index contributed by atoms with van der Waals surface area (Å²) in [6.45, 7) is 1.20. The van der Waals surface area contributed by atoms with Crippen LogP contribution in [0.15, 0.2) is 132 Å². The molecule has 0 bridgehead atoms. The summed E-state index contributed by atoms with van der Waals surface area (Å²) < 4.78 is 8.17. The van der Waals surface area contributed by atoms with Crippen molar-refractivity contribution in [3.63, 3.8) is 0 Å². The Morgan fingerprint density at radius 1 is 0.789 bits per heavy atom. The van der Waals surface area contributed by atoms with Gasteiger partial charge in [0.15, 0.2) is 10.9 Å². The second kappa shape index (κ2) is 10.7. The number of nitrogens with zero attached hydrogens (tertiary/aromatic N) is 3. The third kappa shape index (κ3) is 5.21. The third-order valence-corrected chi connectivity index (χ3v) is 6.72. The largest absolute Gasteiger partial charge is 0.454 e. The van der Waals surface area contributed by atoms with E-state index in [0.29, 0.717) is 18.2 Å². The fourth-order valence-corrected chi connectivity index (χ4v) is 4.72. The molecule has 2 aromatic heterocycles. The van der Waals surface area contributed by atoms with Crippen molar-refractivity contribution in [2.24, 2.45) is 0 Å². The van der Waals surface area contributed by atoms with Crippen molar-refractivity contribution in [2.45, 2.75) is 13.1 Å². The lowest BCUT2D eigenvalue weighted by atomic mass is 10.1. The first-order valence-corrected chi connectivity index (χ1v) is 12.9. The van der Waals surface area contributed by atoms with Crippen molar-refractivity contribution in [2.75, 3.05) is 5.32 Å². The number of aromatic nitrogens is 2. The zero-order chi connectivity index (χ0) is 25.7. The molecule has 6 heteroatoms. The Kier molecular flexibility index (Phi) is 6.70. The molecular weight excluding hydrogens is 488 g/mol. The van der Waals surface area contributed by atoms with Gasteiger partial charge in [0.2, 0.25) is 0 Å². The molecule has 6 rings (SSSR count). The highest BCUT2D eigenvalue weighted by molar-refractivity contribution is 7.80. The van der Waals surface area contributed by atoms with Gasteiger partial charge in [0, 0.05) is 35.9 Å². The second-order valence-corrected chi connectivity index (χ2v) is 9.46. The molecule has 1 N–H and O–H groups in total. The van der Waals surface area contributed by atoms with E-state index in [1.165, 1.54) is 5.56 Å². The van der Waals surface area contributed by atoms with Crippen LogP contribution < -0.4 is 5.32 Å². The lowest BCUT2D eigenvalue weighted by molar-refractivity contribution is 0.413. The summed E-state index contributed by atoms with van der Waals surface area (Å²) in [4.78, 5) is 2.16. The molecule has 4 aromatic carbocycles. The number of fused-ring (bicyclic) bond motifs is 1. The summed E-state index contributed by atoms with van der Waals surface area (Å²) in [7, 11) is 0. The van der Waals surface area contributed by atoms with Crippen molar-refractivity contribution < 1.29 is 4.42 Å². The van der Waals surface area contributed by atoms with Gasteiger partial charge in [0.1, 0.15) is 11.3 Å². The lowest BCUT2D eigenvalue weighted by Crippen LogP contribution is -2.33. The first-order valence-electron chi connectivity index (χ1n) is 12.5. The summed E-state index contributed by atoms with van der Waals surface area (Å²) in [6.07, 6.45) is 2.07. The van der Waals surface area contributed by atoms with E-state index in [0.717, 1.165) is 39.4 Å². The van der Waals surface area contributed by atoms with Crippen LogP contribution in [0.5, 0.6) is 0 Å². The Morgan fingerprint density at radius 3 is 2.18 bits per heavy atom. The van der Waals surface area contributed by atoms with E-state index in [1.807, 2.05) is 89.6 Å². The monoisotopic (exact) mass is 514 g/mol. The Balaban J connectivity index is 1.40. The summed E-state index contributed by atoms with van der Waals surface area (Å²) in [5.41, 5.74) is 5.76. The van der Waals surface area contributed by atoms with Gasteiger partial charge >= 0.3 is 0 Å². The molecule has 0 aliphatic rings. The Morgan fingerprint density at radius 2 is 1.45 bits per heavy atom. The molecule has 2 heterocycles. The molecule has 0 saturated heterocycles. The molecule has 6 aromatic rings. The number of benzene rings is 4. The SMILES string of the molecule is S=C(Nc1ccccc1)N(Cc1ccccc1)Cc1cn(-c2ccccc2)nc1-c1cc2ccccc2o1. The predicted molar refractivity (Wildman–Crippen MR) is 157 cm³/mol. The number of furan rings is 1. The number of nitrogens with one attached hydrogen (secondary N) is 1. The molecule has 0 atom stereocenters. The van der Waals surface area contributed by atoms with Gasteiger partial charge in [-0.05, 0) is 54.2 Å². The van der Waals surface area contributed by atoms with Crippen molar-refractivity contribution in [3.8, 4) is 17.1 Å². The van der Waals surface area contributed by atoms with Gasteiger partial charge in [-0.15, -0.1) is 0 Å². The van der Waals surface area contributed by atoms with Crippen molar-refractivity contribution in [1.29, 1.82) is 0 Å². The van der Waals surface area contributed by atoms with Gasteiger partial charge in [0.25, 0.3) is 0 Å². The summed E-state index contributed by atoms with van der Waals surface area (Å²) in [5.74, 6) is 0.734. The minimum Gasteiger partial charge on any atom is -0.454 e. The molecule has 0 fully saturated rings. The highest BCUT2D eigenvalue weighted by Gasteiger charge is 2.20. The molecule has 186 valence electrons. The smallest absolute Gasteiger partial charge is 0.174 e. The summed E-state index contributed by atoms with van der Waals surface area (Å²) in [6, 6.07) is 40.6. The van der Waals surface area contributed by atoms with Crippen molar-refractivity contribution in [3.05, 3.63) is 139 Å². The van der Waals surface area contributed by atoms with Crippen molar-refractivity contribution >= 4 is 34.0 Å². The molecular formula is C32H26N4OS. The molecule has 0 aliphatic heterocycles.